The van der Waals surface area contributed by atoms with Crippen LogP contribution in [0.1, 0.15) is 28.5 Å². The van der Waals surface area contributed by atoms with Crippen LogP contribution in [0.25, 0.3) is 0 Å². The number of hydrogen-bond acceptors (Lipinski definition) is 6. The van der Waals surface area contributed by atoms with Gasteiger partial charge in [-0.25, -0.2) is 9.02 Å². The van der Waals surface area contributed by atoms with E-state index in [-0.39, 0.29) is 23.6 Å². The highest BCUT2D eigenvalue weighted by Crippen LogP contribution is 2.15. The first kappa shape index (κ1) is 14.5. The quantitative estimate of drug-likeness (QED) is 0.909. The summed E-state index contributed by atoms with van der Waals surface area (Å²) in [4.78, 5) is 13.6. The zero-order valence-electron chi connectivity index (χ0n) is 11.2. The van der Waals surface area contributed by atoms with Gasteiger partial charge >= 0.3 is 0 Å². The highest BCUT2D eigenvalue weighted by atomic mass is 19.1. The number of nitrogens with two attached hydrogens (primary N) is 1. The minimum Gasteiger partial charge on any atom is -0.379 e. The van der Waals surface area contributed by atoms with E-state index in [9.17, 15) is 9.18 Å². The molecular formula is C13H12FN5O2. The predicted molar refractivity (Wildman–Crippen MR) is 70.2 cm³/mol. The standard InChI is InChI=1S/C13H12FN5O2/c1-2-19(13(20)11-12(16)18-21-17-11)7-9-4-3-8(6-15)5-10(9)14/h3-5H,2,7H2,1H3,(H2,16,18). The van der Waals surface area contributed by atoms with Gasteiger partial charge in [0.2, 0.25) is 11.5 Å². The monoisotopic (exact) mass is 289 g/mol. The third-order valence-electron chi connectivity index (χ3n) is 2.93. The van der Waals surface area contributed by atoms with E-state index in [1.165, 1.54) is 17.0 Å². The summed E-state index contributed by atoms with van der Waals surface area (Å²) in [6.07, 6.45) is 0. The molecule has 0 atom stereocenters. The summed E-state index contributed by atoms with van der Waals surface area (Å²) in [5.74, 6) is -1.16. The van der Waals surface area contributed by atoms with Crippen molar-refractivity contribution in [2.45, 2.75) is 13.5 Å². The largest absolute Gasteiger partial charge is 0.379 e. The molecule has 0 unspecified atom stereocenters. The lowest BCUT2D eigenvalue weighted by molar-refractivity contribution is 0.0740. The normalized spacial score (nSPS) is 10.1. The zero-order chi connectivity index (χ0) is 15.4. The second kappa shape index (κ2) is 6.00. The van der Waals surface area contributed by atoms with Gasteiger partial charge in [0.1, 0.15) is 5.82 Å². The number of rotatable bonds is 4. The van der Waals surface area contributed by atoms with Crippen LogP contribution in [0.2, 0.25) is 0 Å². The topological polar surface area (TPSA) is 109 Å². The molecule has 21 heavy (non-hydrogen) atoms. The lowest BCUT2D eigenvalue weighted by atomic mass is 10.1. The van der Waals surface area contributed by atoms with Crippen molar-refractivity contribution in [3.8, 4) is 6.07 Å². The van der Waals surface area contributed by atoms with Gasteiger partial charge in [0.15, 0.2) is 0 Å². The van der Waals surface area contributed by atoms with Gasteiger partial charge in [0.05, 0.1) is 11.6 Å². The first-order valence-corrected chi connectivity index (χ1v) is 6.12. The van der Waals surface area contributed by atoms with E-state index >= 15 is 0 Å². The Morgan fingerprint density at radius 1 is 1.52 bits per heavy atom. The van der Waals surface area contributed by atoms with E-state index in [0.29, 0.717) is 12.1 Å². The first-order valence-electron chi connectivity index (χ1n) is 6.12. The minimum atomic E-state index is -0.549. The van der Waals surface area contributed by atoms with Crippen LogP contribution in [-0.4, -0.2) is 27.7 Å². The number of carbonyl (C=O) groups excluding carboxylic acids is 1. The Morgan fingerprint density at radius 2 is 2.29 bits per heavy atom. The van der Waals surface area contributed by atoms with E-state index in [4.69, 9.17) is 11.0 Å². The molecule has 0 radical (unpaired) electrons. The maximum Gasteiger partial charge on any atom is 0.280 e. The van der Waals surface area contributed by atoms with Crippen molar-refractivity contribution in [2.75, 3.05) is 12.3 Å². The molecular weight excluding hydrogens is 277 g/mol. The highest BCUT2D eigenvalue weighted by Gasteiger charge is 2.22. The molecule has 0 aliphatic heterocycles. The molecule has 1 heterocycles. The summed E-state index contributed by atoms with van der Waals surface area (Å²) < 4.78 is 18.2. The molecule has 8 heteroatoms. The third kappa shape index (κ3) is 2.97. The molecule has 108 valence electrons. The smallest absolute Gasteiger partial charge is 0.280 e. The summed E-state index contributed by atoms with van der Waals surface area (Å²) in [5.41, 5.74) is 5.87. The lowest BCUT2D eigenvalue weighted by Crippen LogP contribution is -2.31. The fourth-order valence-corrected chi connectivity index (χ4v) is 1.77. The van der Waals surface area contributed by atoms with Gasteiger partial charge in [0.25, 0.3) is 5.91 Å². The van der Waals surface area contributed by atoms with Crippen LogP contribution in [-0.2, 0) is 6.54 Å². The Kier molecular flexibility index (Phi) is 4.13. The second-order valence-electron chi connectivity index (χ2n) is 4.24. The molecule has 2 rings (SSSR count). The van der Waals surface area contributed by atoms with Gasteiger partial charge in [-0.2, -0.15) is 5.26 Å². The van der Waals surface area contributed by atoms with Crippen molar-refractivity contribution in [3.63, 3.8) is 0 Å². The van der Waals surface area contributed by atoms with Crippen molar-refractivity contribution in [2.24, 2.45) is 0 Å². The average Bonchev–Trinajstić information content (AvgIpc) is 2.91. The van der Waals surface area contributed by atoms with Gasteiger partial charge in [-0.05, 0) is 29.4 Å². The Balaban J connectivity index is 2.22. The number of anilines is 1. The fourth-order valence-electron chi connectivity index (χ4n) is 1.77. The summed E-state index contributed by atoms with van der Waals surface area (Å²) in [6.45, 7) is 2.09. The minimum absolute atomic E-state index is 0.0270. The van der Waals surface area contributed by atoms with Crippen LogP contribution in [0, 0.1) is 17.1 Å². The van der Waals surface area contributed by atoms with Crippen LogP contribution in [0.15, 0.2) is 22.8 Å². The number of benzene rings is 1. The number of nitrogens with zero attached hydrogens (tertiary/aromatic N) is 4. The number of aromatic nitrogens is 2. The van der Waals surface area contributed by atoms with Crippen LogP contribution >= 0.6 is 0 Å². The van der Waals surface area contributed by atoms with Crippen LogP contribution in [0.5, 0.6) is 0 Å². The highest BCUT2D eigenvalue weighted by molar-refractivity contribution is 5.96. The second-order valence-corrected chi connectivity index (χ2v) is 4.24. The molecule has 7 nitrogen and oxygen atoms in total. The Morgan fingerprint density at radius 3 is 2.81 bits per heavy atom. The van der Waals surface area contributed by atoms with Gasteiger partial charge < -0.3 is 10.6 Å². The first-order chi connectivity index (χ1) is 10.1. The van der Waals surface area contributed by atoms with E-state index in [0.717, 1.165) is 6.07 Å². The number of amides is 1. The predicted octanol–water partition coefficient (Wildman–Crippen LogP) is 1.32. The molecule has 0 aliphatic carbocycles. The van der Waals surface area contributed by atoms with Crippen molar-refractivity contribution in [3.05, 3.63) is 40.8 Å². The maximum atomic E-state index is 13.9. The van der Waals surface area contributed by atoms with Crippen LogP contribution in [0.4, 0.5) is 10.2 Å². The summed E-state index contributed by atoms with van der Waals surface area (Å²) in [6, 6.07) is 5.93. The van der Waals surface area contributed by atoms with Gasteiger partial charge in [-0.3, -0.25) is 4.79 Å². The molecule has 1 aromatic heterocycles. The molecule has 0 saturated carbocycles. The number of hydrogen-bond donors (Lipinski definition) is 1. The van der Waals surface area contributed by atoms with Crippen molar-refractivity contribution < 1.29 is 13.8 Å². The molecule has 2 N–H and O–H groups in total. The summed E-state index contributed by atoms with van der Waals surface area (Å²) >= 11 is 0. The summed E-state index contributed by atoms with van der Waals surface area (Å²) in [5, 5.41) is 15.5. The number of carbonyl (C=O) groups is 1. The Bertz CT molecular complexity index is 707. The molecule has 0 fully saturated rings. The molecule has 0 bridgehead atoms. The van der Waals surface area contributed by atoms with Crippen LogP contribution in [0.3, 0.4) is 0 Å². The van der Waals surface area contributed by atoms with Crippen LogP contribution < -0.4 is 5.73 Å². The van der Waals surface area contributed by atoms with Crippen molar-refractivity contribution in [1.82, 2.24) is 15.2 Å². The molecule has 1 aromatic carbocycles. The fraction of sp³-hybridized carbons (Fsp3) is 0.231. The molecule has 0 saturated heterocycles. The van der Waals surface area contributed by atoms with E-state index < -0.39 is 11.7 Å². The van der Waals surface area contributed by atoms with Gasteiger partial charge in [-0.15, -0.1) is 0 Å². The number of halogens is 1. The zero-order valence-corrected chi connectivity index (χ0v) is 11.2. The van der Waals surface area contributed by atoms with E-state index in [1.807, 2.05) is 6.07 Å². The molecule has 0 aliphatic rings. The molecule has 0 spiro atoms. The third-order valence-corrected chi connectivity index (χ3v) is 2.93. The summed E-state index contributed by atoms with van der Waals surface area (Å²) in [7, 11) is 0. The average molecular weight is 289 g/mol. The van der Waals surface area contributed by atoms with E-state index in [2.05, 4.69) is 14.9 Å². The van der Waals surface area contributed by atoms with Crippen molar-refractivity contribution in [1.29, 1.82) is 5.26 Å². The SMILES string of the molecule is CCN(Cc1ccc(C#N)cc1F)C(=O)c1nonc1N. The van der Waals surface area contributed by atoms with Crippen molar-refractivity contribution >= 4 is 11.7 Å². The number of nitrogen functional groups attached to an aromatic ring is 1. The molecule has 1 amide bonds. The van der Waals surface area contributed by atoms with Gasteiger partial charge in [0, 0.05) is 18.7 Å². The Labute approximate surface area is 119 Å². The van der Waals surface area contributed by atoms with E-state index in [1.54, 1.807) is 6.92 Å². The Hall–Kier alpha value is -2.95. The lowest BCUT2D eigenvalue weighted by Gasteiger charge is -2.20. The number of nitriles is 1. The van der Waals surface area contributed by atoms with Gasteiger partial charge in [-0.1, -0.05) is 6.07 Å². The molecule has 2 aromatic rings. The maximum absolute atomic E-state index is 13.9.